The minimum absolute atomic E-state index is 0.0436. The number of rotatable bonds is 8. The Balaban J connectivity index is 1.83. The van der Waals surface area contributed by atoms with Crippen molar-refractivity contribution in [2.75, 3.05) is 0 Å². The minimum atomic E-state index is -1.78. The molecule has 0 N–H and O–H groups in total. The Morgan fingerprint density at radius 1 is 0.828 bits per heavy atom. The van der Waals surface area contributed by atoms with Crippen LogP contribution in [0.3, 0.4) is 0 Å². The van der Waals surface area contributed by atoms with E-state index < -0.39 is 8.32 Å². The molecule has 0 radical (unpaired) electrons. The molecule has 0 amide bonds. The van der Waals surface area contributed by atoms with Crippen LogP contribution in [0.15, 0.2) is 0 Å². The monoisotopic (exact) mass is 422 g/mol. The molecule has 3 aliphatic rings. The molecule has 3 rings (SSSR count). The Morgan fingerprint density at radius 3 is 1.86 bits per heavy atom. The van der Waals surface area contributed by atoms with Gasteiger partial charge in [0.1, 0.15) is 0 Å². The molecule has 0 aromatic heterocycles. The van der Waals surface area contributed by atoms with Crippen molar-refractivity contribution in [3.05, 3.63) is 0 Å². The SMILES string of the molecule is CC(C)C[Si](CC(C)C)(CC(C)C)O[C@H]1CC[C@@]2(C)CC[C@H]3C[C@@]2(C1)OC3(C)C. The second-order valence-electron chi connectivity index (χ2n) is 13.2. The van der Waals surface area contributed by atoms with Crippen LogP contribution in [-0.4, -0.2) is 25.6 Å². The van der Waals surface area contributed by atoms with Crippen LogP contribution in [0.1, 0.15) is 101 Å². The van der Waals surface area contributed by atoms with E-state index in [1.807, 2.05) is 0 Å². The number of hydrogen-bond acceptors (Lipinski definition) is 2. The summed E-state index contributed by atoms with van der Waals surface area (Å²) in [5, 5.41) is 0. The first-order chi connectivity index (χ1) is 13.3. The first-order valence-corrected chi connectivity index (χ1v) is 15.2. The molecule has 2 aliphatic carbocycles. The molecule has 1 aliphatic heterocycles. The number of hydrogen-bond donors (Lipinski definition) is 0. The maximum absolute atomic E-state index is 7.38. The molecule has 1 saturated heterocycles. The van der Waals surface area contributed by atoms with Crippen LogP contribution < -0.4 is 0 Å². The third-order valence-electron chi connectivity index (χ3n) is 8.50. The van der Waals surface area contributed by atoms with Crippen molar-refractivity contribution in [2.45, 2.75) is 136 Å². The fourth-order valence-corrected chi connectivity index (χ4v) is 13.7. The van der Waals surface area contributed by atoms with E-state index in [1.54, 1.807) is 0 Å². The van der Waals surface area contributed by atoms with Gasteiger partial charge in [0, 0.05) is 12.5 Å². The van der Waals surface area contributed by atoms with Crippen LogP contribution >= 0.6 is 0 Å². The van der Waals surface area contributed by atoms with Gasteiger partial charge in [-0.2, -0.15) is 0 Å². The molecule has 1 heterocycles. The minimum Gasteiger partial charge on any atom is -0.414 e. The molecule has 1 spiro atoms. The molecule has 4 atom stereocenters. The zero-order valence-corrected chi connectivity index (χ0v) is 22.1. The number of fused-ring (bicyclic) bond motifs is 1. The van der Waals surface area contributed by atoms with Crippen molar-refractivity contribution in [1.29, 1.82) is 0 Å². The van der Waals surface area contributed by atoms with Crippen LogP contribution in [0.5, 0.6) is 0 Å². The summed E-state index contributed by atoms with van der Waals surface area (Å²) in [6, 6.07) is 3.96. The summed E-state index contributed by atoms with van der Waals surface area (Å²) in [7, 11) is -1.78. The van der Waals surface area contributed by atoms with Crippen LogP contribution in [0.4, 0.5) is 0 Å². The lowest BCUT2D eigenvalue weighted by Crippen LogP contribution is -2.56. The lowest BCUT2D eigenvalue weighted by Gasteiger charge is -2.55. The third-order valence-corrected chi connectivity index (χ3v) is 14.0. The fraction of sp³-hybridized carbons (Fsp3) is 1.00. The van der Waals surface area contributed by atoms with Gasteiger partial charge in [0.15, 0.2) is 8.32 Å². The van der Waals surface area contributed by atoms with Crippen LogP contribution in [0.25, 0.3) is 0 Å². The summed E-state index contributed by atoms with van der Waals surface area (Å²) in [5.41, 5.74) is 0.466. The van der Waals surface area contributed by atoms with Crippen LogP contribution in [-0.2, 0) is 9.16 Å². The van der Waals surface area contributed by atoms with Crippen molar-refractivity contribution in [2.24, 2.45) is 29.1 Å². The zero-order valence-electron chi connectivity index (χ0n) is 21.1. The summed E-state index contributed by atoms with van der Waals surface area (Å²) in [6.07, 6.45) is 8.06. The summed E-state index contributed by atoms with van der Waals surface area (Å²) in [5.74, 6) is 2.92. The lowest BCUT2D eigenvalue weighted by atomic mass is 9.55. The highest BCUT2D eigenvalue weighted by Crippen LogP contribution is 2.64. The summed E-state index contributed by atoms with van der Waals surface area (Å²) in [6.45, 7) is 21.6. The maximum Gasteiger partial charge on any atom is 0.193 e. The van der Waals surface area contributed by atoms with Gasteiger partial charge in [0.2, 0.25) is 0 Å². The average molecular weight is 423 g/mol. The molecule has 2 saturated carbocycles. The van der Waals surface area contributed by atoms with E-state index in [4.69, 9.17) is 9.16 Å². The smallest absolute Gasteiger partial charge is 0.193 e. The van der Waals surface area contributed by atoms with E-state index in [0.717, 1.165) is 30.1 Å². The van der Waals surface area contributed by atoms with E-state index >= 15 is 0 Å². The second kappa shape index (κ2) is 8.24. The Hall–Kier alpha value is 0.137. The van der Waals surface area contributed by atoms with E-state index in [1.165, 1.54) is 50.2 Å². The van der Waals surface area contributed by atoms with Crippen molar-refractivity contribution in [1.82, 2.24) is 0 Å². The Kier molecular flexibility index (Phi) is 6.76. The molecule has 0 aromatic carbocycles. The van der Waals surface area contributed by atoms with E-state index in [2.05, 4.69) is 62.3 Å². The van der Waals surface area contributed by atoms with Gasteiger partial charge in [0.05, 0.1) is 11.2 Å². The summed E-state index contributed by atoms with van der Waals surface area (Å²) >= 11 is 0. The van der Waals surface area contributed by atoms with Crippen LogP contribution in [0, 0.1) is 29.1 Å². The zero-order chi connectivity index (χ0) is 21.7. The van der Waals surface area contributed by atoms with Gasteiger partial charge in [0.25, 0.3) is 0 Å². The lowest BCUT2D eigenvalue weighted by molar-refractivity contribution is -0.183. The Morgan fingerprint density at radius 2 is 1.34 bits per heavy atom. The third kappa shape index (κ3) is 4.82. The molecule has 29 heavy (non-hydrogen) atoms. The predicted octanol–water partition coefficient (Wildman–Crippen LogP) is 7.82. The van der Waals surface area contributed by atoms with Gasteiger partial charge >= 0.3 is 0 Å². The normalized spacial score (nSPS) is 36.8. The van der Waals surface area contributed by atoms with Crippen molar-refractivity contribution < 1.29 is 9.16 Å². The fourth-order valence-electron chi connectivity index (χ4n) is 7.57. The molecule has 0 unspecified atom stereocenters. The summed E-state index contributed by atoms with van der Waals surface area (Å²) in [4.78, 5) is 0. The highest BCUT2D eigenvalue weighted by Gasteiger charge is 2.64. The second-order valence-corrected chi connectivity index (χ2v) is 17.0. The molecular weight excluding hydrogens is 372 g/mol. The largest absolute Gasteiger partial charge is 0.414 e. The van der Waals surface area contributed by atoms with Gasteiger partial charge in [-0.25, -0.2) is 0 Å². The first-order valence-electron chi connectivity index (χ1n) is 12.7. The maximum atomic E-state index is 7.38. The Labute approximate surface area is 183 Å². The molecule has 3 fully saturated rings. The first kappa shape index (κ1) is 23.8. The molecule has 170 valence electrons. The van der Waals surface area contributed by atoms with Gasteiger partial charge < -0.3 is 9.16 Å². The van der Waals surface area contributed by atoms with E-state index in [9.17, 15) is 0 Å². The highest BCUT2D eigenvalue weighted by molar-refractivity contribution is 6.74. The molecular formula is C26H50O2Si. The van der Waals surface area contributed by atoms with Gasteiger partial charge in [-0.3, -0.25) is 0 Å². The van der Waals surface area contributed by atoms with Crippen LogP contribution in [0.2, 0.25) is 18.1 Å². The van der Waals surface area contributed by atoms with Crippen molar-refractivity contribution in [3.63, 3.8) is 0 Å². The predicted molar refractivity (Wildman–Crippen MR) is 127 cm³/mol. The quantitative estimate of drug-likeness (QED) is 0.371. The average Bonchev–Trinajstić information content (AvgIpc) is 2.74. The highest BCUT2D eigenvalue weighted by atomic mass is 28.4. The summed E-state index contributed by atoms with van der Waals surface area (Å²) < 4.78 is 14.4. The standard InChI is InChI=1S/C26H50O2Si/c1-19(2)16-29(17-20(3)4,18-21(5)6)27-23-11-13-25(9)12-10-22-14-26(25,15-23)28-24(22,7)8/h19-23H,10-18H2,1-9H3/t22-,23-,25+,26-/m0/s1. The van der Waals surface area contributed by atoms with Crippen molar-refractivity contribution in [3.8, 4) is 0 Å². The topological polar surface area (TPSA) is 18.5 Å². The molecule has 0 aromatic rings. The van der Waals surface area contributed by atoms with Crippen molar-refractivity contribution >= 4 is 8.32 Å². The van der Waals surface area contributed by atoms with Gasteiger partial charge in [-0.15, -0.1) is 0 Å². The molecule has 3 heteroatoms. The van der Waals surface area contributed by atoms with E-state index in [0.29, 0.717) is 11.5 Å². The van der Waals surface area contributed by atoms with E-state index in [-0.39, 0.29) is 11.2 Å². The molecule has 2 nitrogen and oxygen atoms in total. The van der Waals surface area contributed by atoms with Gasteiger partial charge in [-0.05, 0) is 93.2 Å². The Bertz CT molecular complexity index is 543. The van der Waals surface area contributed by atoms with Gasteiger partial charge in [-0.1, -0.05) is 48.5 Å². The molecule has 2 bridgehead atoms. The number of ether oxygens (including phenoxy) is 1.